The van der Waals surface area contributed by atoms with E-state index in [1.165, 1.54) is 0 Å². The zero-order chi connectivity index (χ0) is 13.0. The molecule has 1 unspecified atom stereocenters. The van der Waals surface area contributed by atoms with Crippen LogP contribution < -0.4 is 5.32 Å². The number of rotatable bonds is 4. The van der Waals surface area contributed by atoms with Gasteiger partial charge in [0.25, 0.3) is 0 Å². The standard InChI is InChI=1S/C12H19N3O2S/c1-9-14-10(8-18-9)4-5-13-12(17)15-6-2-3-11(15)7-16/h8,11,16H,2-7H2,1H3,(H,13,17). The van der Waals surface area contributed by atoms with Gasteiger partial charge in [0.2, 0.25) is 0 Å². The molecule has 18 heavy (non-hydrogen) atoms. The molecule has 2 heterocycles. The third-order valence-electron chi connectivity index (χ3n) is 3.17. The maximum atomic E-state index is 11.9. The van der Waals surface area contributed by atoms with Crippen LogP contribution in [0.15, 0.2) is 5.38 Å². The van der Waals surface area contributed by atoms with Gasteiger partial charge in [-0.1, -0.05) is 0 Å². The second kappa shape index (κ2) is 6.15. The molecule has 0 bridgehead atoms. The molecular weight excluding hydrogens is 250 g/mol. The zero-order valence-corrected chi connectivity index (χ0v) is 11.4. The highest BCUT2D eigenvalue weighted by molar-refractivity contribution is 7.09. The fourth-order valence-electron chi connectivity index (χ4n) is 2.21. The molecule has 1 atom stereocenters. The number of aryl methyl sites for hydroxylation is 1. The van der Waals surface area contributed by atoms with Crippen LogP contribution in [0.3, 0.4) is 0 Å². The van der Waals surface area contributed by atoms with Gasteiger partial charge in [0.15, 0.2) is 0 Å². The molecule has 1 aromatic heterocycles. The van der Waals surface area contributed by atoms with Gasteiger partial charge in [0, 0.05) is 24.9 Å². The summed E-state index contributed by atoms with van der Waals surface area (Å²) in [6.07, 6.45) is 2.63. The van der Waals surface area contributed by atoms with Crippen molar-refractivity contribution in [2.45, 2.75) is 32.2 Å². The summed E-state index contributed by atoms with van der Waals surface area (Å²) in [5, 5.41) is 15.1. The van der Waals surface area contributed by atoms with Gasteiger partial charge in [-0.15, -0.1) is 11.3 Å². The molecule has 2 N–H and O–H groups in total. The molecule has 1 fully saturated rings. The van der Waals surface area contributed by atoms with E-state index >= 15 is 0 Å². The summed E-state index contributed by atoms with van der Waals surface area (Å²) in [5.41, 5.74) is 1.03. The lowest BCUT2D eigenvalue weighted by Gasteiger charge is -2.23. The smallest absolute Gasteiger partial charge is 0.317 e. The highest BCUT2D eigenvalue weighted by atomic mass is 32.1. The van der Waals surface area contributed by atoms with Crippen molar-refractivity contribution >= 4 is 17.4 Å². The summed E-state index contributed by atoms with van der Waals surface area (Å²) in [5.74, 6) is 0. The first-order valence-corrected chi connectivity index (χ1v) is 7.15. The number of likely N-dealkylation sites (tertiary alicyclic amines) is 1. The number of aliphatic hydroxyl groups excluding tert-OH is 1. The molecule has 0 aromatic carbocycles. The fourth-order valence-corrected chi connectivity index (χ4v) is 2.86. The van der Waals surface area contributed by atoms with Crippen molar-refractivity contribution in [3.63, 3.8) is 0 Å². The van der Waals surface area contributed by atoms with Crippen LogP contribution in [-0.2, 0) is 6.42 Å². The van der Waals surface area contributed by atoms with E-state index in [1.807, 2.05) is 12.3 Å². The van der Waals surface area contributed by atoms with E-state index in [9.17, 15) is 4.79 Å². The molecule has 2 amide bonds. The molecule has 2 rings (SSSR count). The average Bonchev–Trinajstić information content (AvgIpc) is 2.97. The second-order valence-electron chi connectivity index (χ2n) is 4.51. The number of aromatic nitrogens is 1. The average molecular weight is 269 g/mol. The van der Waals surface area contributed by atoms with E-state index in [0.717, 1.165) is 36.5 Å². The molecular formula is C12H19N3O2S. The number of carbonyl (C=O) groups is 1. The normalized spacial score (nSPS) is 19.2. The first kappa shape index (κ1) is 13.3. The Hall–Kier alpha value is -1.14. The quantitative estimate of drug-likeness (QED) is 0.862. The van der Waals surface area contributed by atoms with Crippen LogP contribution in [0.25, 0.3) is 0 Å². The first-order valence-electron chi connectivity index (χ1n) is 6.27. The predicted octanol–water partition coefficient (Wildman–Crippen LogP) is 1.16. The summed E-state index contributed by atoms with van der Waals surface area (Å²) in [7, 11) is 0. The third-order valence-corrected chi connectivity index (χ3v) is 4.00. The maximum absolute atomic E-state index is 11.9. The van der Waals surface area contributed by atoms with Gasteiger partial charge in [-0.3, -0.25) is 0 Å². The van der Waals surface area contributed by atoms with Crippen molar-refractivity contribution in [3.8, 4) is 0 Å². The summed E-state index contributed by atoms with van der Waals surface area (Å²) < 4.78 is 0. The lowest BCUT2D eigenvalue weighted by atomic mass is 10.2. The van der Waals surface area contributed by atoms with Gasteiger partial charge in [0.1, 0.15) is 0 Å². The minimum Gasteiger partial charge on any atom is -0.394 e. The second-order valence-corrected chi connectivity index (χ2v) is 5.57. The lowest BCUT2D eigenvalue weighted by molar-refractivity contribution is 0.157. The van der Waals surface area contributed by atoms with Crippen molar-refractivity contribution < 1.29 is 9.90 Å². The van der Waals surface area contributed by atoms with E-state index in [1.54, 1.807) is 16.2 Å². The number of aliphatic hydroxyl groups is 1. The largest absolute Gasteiger partial charge is 0.394 e. The summed E-state index contributed by atoms with van der Waals surface area (Å²) >= 11 is 1.63. The van der Waals surface area contributed by atoms with Gasteiger partial charge in [-0.2, -0.15) is 0 Å². The number of hydrogen-bond donors (Lipinski definition) is 2. The molecule has 100 valence electrons. The summed E-state index contributed by atoms with van der Waals surface area (Å²) in [6.45, 7) is 3.37. The molecule has 0 saturated carbocycles. The van der Waals surface area contributed by atoms with Gasteiger partial charge < -0.3 is 15.3 Å². The van der Waals surface area contributed by atoms with E-state index < -0.39 is 0 Å². The molecule has 6 heteroatoms. The highest BCUT2D eigenvalue weighted by Gasteiger charge is 2.27. The highest BCUT2D eigenvalue weighted by Crippen LogP contribution is 2.16. The minimum atomic E-state index is -0.0708. The Kier molecular flexibility index (Phi) is 4.54. The number of amides is 2. The van der Waals surface area contributed by atoms with Crippen LogP contribution in [0, 0.1) is 6.92 Å². The molecule has 1 aromatic rings. The van der Waals surface area contributed by atoms with Gasteiger partial charge in [-0.25, -0.2) is 9.78 Å². The molecule has 0 radical (unpaired) electrons. The maximum Gasteiger partial charge on any atom is 0.317 e. The van der Waals surface area contributed by atoms with Crippen molar-refractivity contribution in [3.05, 3.63) is 16.1 Å². The zero-order valence-electron chi connectivity index (χ0n) is 10.6. The molecule has 0 aliphatic carbocycles. The van der Waals surface area contributed by atoms with E-state index in [4.69, 9.17) is 5.11 Å². The molecule has 1 aliphatic rings. The predicted molar refractivity (Wildman–Crippen MR) is 70.8 cm³/mol. The Morgan fingerprint density at radius 1 is 1.72 bits per heavy atom. The van der Waals surface area contributed by atoms with E-state index in [0.29, 0.717) is 6.54 Å². The first-order chi connectivity index (χ1) is 8.70. The molecule has 1 aliphatic heterocycles. The lowest BCUT2D eigenvalue weighted by Crippen LogP contribution is -2.44. The van der Waals surface area contributed by atoms with Crippen LogP contribution in [0.2, 0.25) is 0 Å². The van der Waals surface area contributed by atoms with Gasteiger partial charge in [0.05, 0.1) is 23.4 Å². The number of urea groups is 1. The van der Waals surface area contributed by atoms with E-state index in [2.05, 4.69) is 10.3 Å². The van der Waals surface area contributed by atoms with Crippen LogP contribution >= 0.6 is 11.3 Å². The molecule has 5 nitrogen and oxygen atoms in total. The molecule has 0 spiro atoms. The number of nitrogens with one attached hydrogen (secondary N) is 1. The van der Waals surface area contributed by atoms with Crippen molar-refractivity contribution in [2.75, 3.05) is 19.7 Å². The molecule has 1 saturated heterocycles. The van der Waals surface area contributed by atoms with Crippen LogP contribution in [0.5, 0.6) is 0 Å². The van der Waals surface area contributed by atoms with Crippen LogP contribution in [0.1, 0.15) is 23.5 Å². The summed E-state index contributed by atoms with van der Waals surface area (Å²) in [4.78, 5) is 18.0. The number of carbonyl (C=O) groups excluding carboxylic acids is 1. The number of hydrogen-bond acceptors (Lipinski definition) is 4. The Balaban J connectivity index is 1.74. The number of thiazole rings is 1. The SMILES string of the molecule is Cc1nc(CCNC(=O)N2CCCC2CO)cs1. The van der Waals surface area contributed by atoms with E-state index in [-0.39, 0.29) is 18.7 Å². The fraction of sp³-hybridized carbons (Fsp3) is 0.667. The third kappa shape index (κ3) is 3.20. The van der Waals surface area contributed by atoms with Crippen LogP contribution in [-0.4, -0.2) is 46.8 Å². The minimum absolute atomic E-state index is 0.00785. The summed E-state index contributed by atoms with van der Waals surface area (Å²) in [6, 6.07) is -0.0787. The van der Waals surface area contributed by atoms with Gasteiger partial charge >= 0.3 is 6.03 Å². The Bertz CT molecular complexity index is 408. The van der Waals surface area contributed by atoms with Crippen LogP contribution in [0.4, 0.5) is 4.79 Å². The Morgan fingerprint density at radius 3 is 3.22 bits per heavy atom. The monoisotopic (exact) mass is 269 g/mol. The van der Waals surface area contributed by atoms with Crippen molar-refractivity contribution in [1.82, 2.24) is 15.2 Å². The Labute approximate surface area is 111 Å². The van der Waals surface area contributed by atoms with Gasteiger partial charge in [-0.05, 0) is 19.8 Å². The van der Waals surface area contributed by atoms with Crippen molar-refractivity contribution in [1.29, 1.82) is 0 Å². The topological polar surface area (TPSA) is 65.5 Å². The van der Waals surface area contributed by atoms with Crippen molar-refractivity contribution in [2.24, 2.45) is 0 Å². The Morgan fingerprint density at radius 2 is 2.56 bits per heavy atom. The number of nitrogens with zero attached hydrogens (tertiary/aromatic N) is 2.